The van der Waals surface area contributed by atoms with Gasteiger partial charge in [0, 0.05) is 11.6 Å². The number of halogens is 1. The lowest BCUT2D eigenvalue weighted by Gasteiger charge is -2.13. The Bertz CT molecular complexity index is 513. The van der Waals surface area contributed by atoms with Gasteiger partial charge in [0.05, 0.1) is 17.0 Å². The SMILES string of the molecule is CC(COc1c(Br)cccc1/C=C/C(=O)O)C(N)=O. The van der Waals surface area contributed by atoms with Crippen LogP contribution >= 0.6 is 15.9 Å². The lowest BCUT2D eigenvalue weighted by atomic mass is 10.1. The van der Waals surface area contributed by atoms with E-state index in [-0.39, 0.29) is 6.61 Å². The Balaban J connectivity index is 2.92. The Morgan fingerprint density at radius 3 is 2.79 bits per heavy atom. The van der Waals surface area contributed by atoms with Crippen LogP contribution in [0.3, 0.4) is 0 Å². The molecule has 1 aromatic rings. The molecule has 0 bridgehead atoms. The largest absolute Gasteiger partial charge is 0.491 e. The number of hydrogen-bond acceptors (Lipinski definition) is 3. The molecule has 0 fully saturated rings. The molecule has 6 heteroatoms. The molecule has 1 unspecified atom stereocenters. The van der Waals surface area contributed by atoms with Crippen LogP contribution in [0.4, 0.5) is 0 Å². The minimum atomic E-state index is -1.04. The normalized spacial score (nSPS) is 12.3. The maximum Gasteiger partial charge on any atom is 0.328 e. The fourth-order valence-corrected chi connectivity index (χ4v) is 1.76. The number of carboxylic acids is 1. The molecule has 0 saturated carbocycles. The molecule has 0 saturated heterocycles. The van der Waals surface area contributed by atoms with Gasteiger partial charge in [-0.3, -0.25) is 4.79 Å². The van der Waals surface area contributed by atoms with Crippen molar-refractivity contribution in [1.82, 2.24) is 0 Å². The number of primary amides is 1. The van der Waals surface area contributed by atoms with Gasteiger partial charge in [-0.05, 0) is 28.1 Å². The highest BCUT2D eigenvalue weighted by atomic mass is 79.9. The molecule has 5 nitrogen and oxygen atoms in total. The van der Waals surface area contributed by atoms with Crippen molar-refractivity contribution in [2.24, 2.45) is 11.7 Å². The van der Waals surface area contributed by atoms with Gasteiger partial charge in [0.2, 0.25) is 5.91 Å². The van der Waals surface area contributed by atoms with Crippen molar-refractivity contribution < 1.29 is 19.4 Å². The lowest BCUT2D eigenvalue weighted by molar-refractivity contribution is -0.131. The molecule has 1 atom stereocenters. The number of rotatable bonds is 6. The molecule has 0 aromatic heterocycles. The van der Waals surface area contributed by atoms with Gasteiger partial charge in [-0.1, -0.05) is 19.1 Å². The number of amides is 1. The molecule has 1 aromatic carbocycles. The highest BCUT2D eigenvalue weighted by Crippen LogP contribution is 2.30. The van der Waals surface area contributed by atoms with Crippen LogP contribution in [-0.2, 0) is 9.59 Å². The van der Waals surface area contributed by atoms with E-state index in [0.29, 0.717) is 15.8 Å². The van der Waals surface area contributed by atoms with Gasteiger partial charge in [0.15, 0.2) is 0 Å². The van der Waals surface area contributed by atoms with E-state index in [1.54, 1.807) is 25.1 Å². The summed E-state index contributed by atoms with van der Waals surface area (Å²) in [5, 5.41) is 8.63. The summed E-state index contributed by atoms with van der Waals surface area (Å²) >= 11 is 3.32. The Hall–Kier alpha value is -1.82. The fraction of sp³-hybridized carbons (Fsp3) is 0.231. The van der Waals surface area contributed by atoms with E-state index < -0.39 is 17.8 Å². The summed E-state index contributed by atoms with van der Waals surface area (Å²) in [6.07, 6.45) is 2.45. The number of carbonyl (C=O) groups is 2. The highest BCUT2D eigenvalue weighted by Gasteiger charge is 2.12. The molecule has 0 heterocycles. The van der Waals surface area contributed by atoms with Crippen molar-refractivity contribution >= 4 is 33.9 Å². The maximum absolute atomic E-state index is 10.9. The number of nitrogens with two attached hydrogens (primary N) is 1. The second-order valence-electron chi connectivity index (χ2n) is 3.94. The number of carboxylic acid groups (broad SMARTS) is 1. The molecule has 0 aliphatic heterocycles. The minimum absolute atomic E-state index is 0.131. The summed E-state index contributed by atoms with van der Waals surface area (Å²) < 4.78 is 6.21. The quantitative estimate of drug-likeness (QED) is 0.782. The van der Waals surface area contributed by atoms with Crippen molar-refractivity contribution in [3.8, 4) is 5.75 Å². The summed E-state index contributed by atoms with van der Waals surface area (Å²) in [4.78, 5) is 21.5. The summed E-state index contributed by atoms with van der Waals surface area (Å²) in [6.45, 7) is 1.79. The van der Waals surface area contributed by atoms with Gasteiger partial charge >= 0.3 is 5.97 Å². The predicted molar refractivity (Wildman–Crippen MR) is 74.7 cm³/mol. The number of ether oxygens (including phenoxy) is 1. The fourth-order valence-electron chi connectivity index (χ4n) is 1.26. The first-order valence-electron chi connectivity index (χ1n) is 5.53. The number of carbonyl (C=O) groups excluding carboxylic acids is 1. The van der Waals surface area contributed by atoms with Crippen LogP contribution < -0.4 is 10.5 Å². The Morgan fingerprint density at radius 2 is 2.21 bits per heavy atom. The van der Waals surface area contributed by atoms with Gasteiger partial charge in [0.25, 0.3) is 0 Å². The predicted octanol–water partition coefficient (Wildman–Crippen LogP) is 2.05. The molecule has 102 valence electrons. The van der Waals surface area contributed by atoms with E-state index in [1.807, 2.05) is 0 Å². The Labute approximate surface area is 119 Å². The summed E-state index contributed by atoms with van der Waals surface area (Å²) in [5.41, 5.74) is 5.76. The van der Waals surface area contributed by atoms with Crippen LogP contribution in [0.25, 0.3) is 6.08 Å². The zero-order chi connectivity index (χ0) is 14.4. The average molecular weight is 328 g/mol. The number of benzene rings is 1. The van der Waals surface area contributed by atoms with Gasteiger partial charge in [-0.2, -0.15) is 0 Å². The smallest absolute Gasteiger partial charge is 0.328 e. The zero-order valence-electron chi connectivity index (χ0n) is 10.3. The van der Waals surface area contributed by atoms with Crippen LogP contribution in [-0.4, -0.2) is 23.6 Å². The molecule has 3 N–H and O–H groups in total. The summed E-state index contributed by atoms with van der Waals surface area (Å²) in [7, 11) is 0. The molecule has 0 aliphatic carbocycles. The van der Waals surface area contributed by atoms with E-state index in [0.717, 1.165) is 6.08 Å². The third kappa shape index (κ3) is 4.75. The second kappa shape index (κ2) is 6.94. The summed E-state index contributed by atoms with van der Waals surface area (Å²) in [6, 6.07) is 5.24. The van der Waals surface area contributed by atoms with Crippen LogP contribution in [0.1, 0.15) is 12.5 Å². The van der Waals surface area contributed by atoms with Gasteiger partial charge in [-0.15, -0.1) is 0 Å². The first kappa shape index (κ1) is 15.2. The van der Waals surface area contributed by atoms with Crippen molar-refractivity contribution in [2.45, 2.75) is 6.92 Å². The summed E-state index contributed by atoms with van der Waals surface area (Å²) in [5.74, 6) is -1.44. The first-order chi connectivity index (χ1) is 8.91. The monoisotopic (exact) mass is 327 g/mol. The topological polar surface area (TPSA) is 89.6 Å². The third-order valence-corrected chi connectivity index (χ3v) is 2.99. The molecule has 0 radical (unpaired) electrons. The van der Waals surface area contributed by atoms with Gasteiger partial charge in [0.1, 0.15) is 5.75 Å². The minimum Gasteiger partial charge on any atom is -0.491 e. The van der Waals surface area contributed by atoms with Crippen molar-refractivity contribution in [3.05, 3.63) is 34.3 Å². The highest BCUT2D eigenvalue weighted by molar-refractivity contribution is 9.10. The van der Waals surface area contributed by atoms with Gasteiger partial charge < -0.3 is 15.6 Å². The maximum atomic E-state index is 10.9. The number of hydrogen-bond donors (Lipinski definition) is 2. The van der Waals surface area contributed by atoms with Crippen molar-refractivity contribution in [3.63, 3.8) is 0 Å². The molecule has 1 amide bonds. The standard InChI is InChI=1S/C13H14BrNO4/c1-8(13(15)18)7-19-12-9(5-6-11(16)17)3-2-4-10(12)14/h2-6,8H,7H2,1H3,(H2,15,18)(H,16,17)/b6-5+. The van der Waals surface area contributed by atoms with E-state index in [4.69, 9.17) is 15.6 Å². The third-order valence-electron chi connectivity index (χ3n) is 2.37. The van der Waals surface area contributed by atoms with Gasteiger partial charge in [-0.25, -0.2) is 4.79 Å². The van der Waals surface area contributed by atoms with Crippen LogP contribution in [0.2, 0.25) is 0 Å². The van der Waals surface area contributed by atoms with Crippen LogP contribution in [0.15, 0.2) is 28.7 Å². The Morgan fingerprint density at radius 1 is 1.53 bits per heavy atom. The molecular formula is C13H14BrNO4. The lowest BCUT2D eigenvalue weighted by Crippen LogP contribution is -2.26. The van der Waals surface area contributed by atoms with E-state index in [2.05, 4.69) is 15.9 Å². The van der Waals surface area contributed by atoms with E-state index in [1.165, 1.54) is 6.08 Å². The first-order valence-corrected chi connectivity index (χ1v) is 6.32. The average Bonchev–Trinajstić information content (AvgIpc) is 2.34. The molecule has 19 heavy (non-hydrogen) atoms. The van der Waals surface area contributed by atoms with Crippen LogP contribution in [0.5, 0.6) is 5.75 Å². The molecular weight excluding hydrogens is 314 g/mol. The van der Waals surface area contributed by atoms with Crippen molar-refractivity contribution in [1.29, 1.82) is 0 Å². The van der Waals surface area contributed by atoms with E-state index in [9.17, 15) is 9.59 Å². The zero-order valence-corrected chi connectivity index (χ0v) is 11.9. The Kier molecular flexibility index (Phi) is 5.57. The van der Waals surface area contributed by atoms with Crippen molar-refractivity contribution in [2.75, 3.05) is 6.61 Å². The number of para-hydroxylation sites is 1. The second-order valence-corrected chi connectivity index (χ2v) is 4.80. The number of aliphatic carboxylic acids is 1. The molecule has 1 rings (SSSR count). The van der Waals surface area contributed by atoms with Crippen LogP contribution in [0, 0.1) is 5.92 Å². The van der Waals surface area contributed by atoms with E-state index >= 15 is 0 Å². The molecule has 0 spiro atoms. The molecule has 0 aliphatic rings.